The van der Waals surface area contributed by atoms with E-state index in [1.165, 1.54) is 20.9 Å². The lowest BCUT2D eigenvalue weighted by Crippen LogP contribution is -2.46. The molecule has 1 fully saturated rings. The predicted molar refractivity (Wildman–Crippen MR) is 139 cm³/mol. The second-order valence-corrected chi connectivity index (χ2v) is 10.2. The van der Waals surface area contributed by atoms with Crippen LogP contribution in [-0.2, 0) is 24.4 Å². The lowest BCUT2D eigenvalue weighted by atomic mass is 10.1. The summed E-state index contributed by atoms with van der Waals surface area (Å²) in [5, 5.41) is 6.97. The van der Waals surface area contributed by atoms with Crippen molar-refractivity contribution in [2.75, 3.05) is 38.7 Å². The van der Waals surface area contributed by atoms with E-state index in [0.717, 1.165) is 17.8 Å². The van der Waals surface area contributed by atoms with Gasteiger partial charge in [-0.05, 0) is 48.8 Å². The molecule has 0 aliphatic carbocycles. The summed E-state index contributed by atoms with van der Waals surface area (Å²) in [5.41, 5.74) is 4.25. The highest BCUT2D eigenvalue weighted by Crippen LogP contribution is 2.36. The number of anilines is 1. The first kappa shape index (κ1) is 24.0. The number of halogens is 1. The number of carbonyl (C=O) groups excluding carboxylic acids is 1. The maximum atomic E-state index is 13.0. The molecule has 2 amide bonds. The van der Waals surface area contributed by atoms with Crippen molar-refractivity contribution in [3.8, 4) is 10.4 Å². The number of urea groups is 1. The van der Waals surface area contributed by atoms with Gasteiger partial charge in [0, 0.05) is 35.0 Å². The van der Waals surface area contributed by atoms with Gasteiger partial charge in [0.2, 0.25) is 5.28 Å². The number of thiophene rings is 1. The average Bonchev–Trinajstić information content (AvgIpc) is 3.53. The topological polar surface area (TPSA) is 82.6 Å². The minimum Gasteiger partial charge on any atom is -0.378 e. The van der Waals surface area contributed by atoms with Crippen molar-refractivity contribution in [1.82, 2.24) is 25.1 Å². The van der Waals surface area contributed by atoms with Crippen molar-refractivity contribution in [2.45, 2.75) is 32.6 Å². The summed E-state index contributed by atoms with van der Waals surface area (Å²) in [6, 6.07) is 12.8. The molecule has 4 heterocycles. The number of fused-ring (bicyclic) bond motifs is 1. The number of morpholine rings is 1. The summed E-state index contributed by atoms with van der Waals surface area (Å²) in [6.07, 6.45) is 0. The lowest BCUT2D eigenvalue weighted by Gasteiger charge is -2.30. The Kier molecular flexibility index (Phi) is 7.19. The van der Waals surface area contributed by atoms with Crippen LogP contribution in [0.5, 0.6) is 0 Å². The third-order valence-corrected chi connectivity index (χ3v) is 7.83. The van der Waals surface area contributed by atoms with Gasteiger partial charge in [-0.2, -0.15) is 0 Å². The van der Waals surface area contributed by atoms with Crippen molar-refractivity contribution >= 4 is 34.8 Å². The van der Waals surface area contributed by atoms with Crippen LogP contribution >= 0.6 is 22.9 Å². The molecule has 1 unspecified atom stereocenters. The smallest absolute Gasteiger partial charge is 0.320 e. The van der Waals surface area contributed by atoms with E-state index in [-0.39, 0.29) is 17.4 Å². The van der Waals surface area contributed by atoms with Crippen LogP contribution in [0, 0.1) is 0 Å². The summed E-state index contributed by atoms with van der Waals surface area (Å²) in [5.74, 6) is 0.690. The summed E-state index contributed by atoms with van der Waals surface area (Å²) >= 11 is 8.03. The molecule has 2 N–H and O–H groups in total. The normalized spacial score (nSPS) is 16.3. The zero-order valence-corrected chi connectivity index (χ0v) is 21.5. The van der Waals surface area contributed by atoms with Gasteiger partial charge in [0.1, 0.15) is 5.82 Å². The Morgan fingerprint density at radius 2 is 1.94 bits per heavy atom. The summed E-state index contributed by atoms with van der Waals surface area (Å²) in [4.78, 5) is 28.0. The van der Waals surface area contributed by atoms with Gasteiger partial charge in [0.05, 0.1) is 38.0 Å². The van der Waals surface area contributed by atoms with Crippen LogP contribution in [0.15, 0.2) is 36.4 Å². The molecule has 3 aromatic rings. The molecule has 1 aromatic carbocycles. The molecule has 1 atom stereocenters. The van der Waals surface area contributed by atoms with Gasteiger partial charge in [0.15, 0.2) is 0 Å². The number of nitrogens with one attached hydrogen (secondary N) is 2. The Hall–Kier alpha value is -2.72. The van der Waals surface area contributed by atoms with Gasteiger partial charge < -0.3 is 25.2 Å². The minimum absolute atomic E-state index is 0.00422. The second-order valence-electron chi connectivity index (χ2n) is 8.76. The first-order valence-electron chi connectivity index (χ1n) is 11.8. The van der Waals surface area contributed by atoms with Gasteiger partial charge >= 0.3 is 6.03 Å². The molecule has 0 spiro atoms. The molecule has 1 saturated heterocycles. The maximum absolute atomic E-state index is 13.0. The third-order valence-electron chi connectivity index (χ3n) is 6.36. The van der Waals surface area contributed by atoms with Gasteiger partial charge in [-0.3, -0.25) is 0 Å². The zero-order chi connectivity index (χ0) is 24.4. The van der Waals surface area contributed by atoms with Crippen molar-refractivity contribution in [3.63, 3.8) is 0 Å². The summed E-state index contributed by atoms with van der Waals surface area (Å²) in [7, 11) is 1.96. The molecule has 0 radical (unpaired) electrons. The van der Waals surface area contributed by atoms with E-state index in [4.69, 9.17) is 16.3 Å². The Balaban J connectivity index is 1.33. The van der Waals surface area contributed by atoms with E-state index in [0.29, 0.717) is 45.2 Å². The fraction of sp³-hybridized carbons (Fsp3) is 0.400. The van der Waals surface area contributed by atoms with Crippen molar-refractivity contribution in [1.29, 1.82) is 0 Å². The van der Waals surface area contributed by atoms with Crippen LogP contribution in [0.3, 0.4) is 0 Å². The summed E-state index contributed by atoms with van der Waals surface area (Å²) in [6.45, 7) is 6.20. The number of amides is 2. The second kappa shape index (κ2) is 10.5. The van der Waals surface area contributed by atoms with Crippen molar-refractivity contribution in [2.24, 2.45) is 0 Å². The molecule has 2 aliphatic rings. The monoisotopic (exact) mass is 512 g/mol. The average molecular weight is 513 g/mol. The van der Waals surface area contributed by atoms with Gasteiger partial charge in [-0.1, -0.05) is 24.3 Å². The largest absolute Gasteiger partial charge is 0.378 e. The molecule has 184 valence electrons. The van der Waals surface area contributed by atoms with E-state index >= 15 is 0 Å². The molecule has 5 rings (SSSR count). The van der Waals surface area contributed by atoms with Crippen molar-refractivity contribution in [3.05, 3.63) is 63.4 Å². The minimum atomic E-state index is 0.00422. The fourth-order valence-electron chi connectivity index (χ4n) is 4.55. The highest BCUT2D eigenvalue weighted by atomic mass is 35.5. The zero-order valence-electron chi connectivity index (χ0n) is 19.9. The number of rotatable bonds is 6. The van der Waals surface area contributed by atoms with Crippen LogP contribution in [-0.4, -0.2) is 59.1 Å². The number of ether oxygens (including phenoxy) is 1. The number of carbonyl (C=O) groups is 1. The van der Waals surface area contributed by atoms with Crippen LogP contribution in [0.4, 0.5) is 10.6 Å². The first-order valence-corrected chi connectivity index (χ1v) is 13.0. The molecule has 0 bridgehead atoms. The number of hydrogen-bond donors (Lipinski definition) is 2. The Bertz CT molecular complexity index is 1210. The number of hydrogen-bond acceptors (Lipinski definition) is 7. The van der Waals surface area contributed by atoms with E-state index in [2.05, 4.69) is 63.9 Å². The Labute approximate surface area is 214 Å². The third kappa shape index (κ3) is 5.13. The van der Waals surface area contributed by atoms with Gasteiger partial charge in [0.25, 0.3) is 0 Å². The van der Waals surface area contributed by atoms with E-state index < -0.39 is 0 Å². The Morgan fingerprint density at radius 1 is 1.14 bits per heavy atom. The molecule has 8 nitrogen and oxygen atoms in total. The maximum Gasteiger partial charge on any atom is 0.320 e. The molecule has 35 heavy (non-hydrogen) atoms. The highest BCUT2D eigenvalue weighted by Gasteiger charge is 2.32. The van der Waals surface area contributed by atoms with Crippen LogP contribution in [0.1, 0.15) is 34.7 Å². The molecular weight excluding hydrogens is 484 g/mol. The van der Waals surface area contributed by atoms with E-state index in [1.807, 2.05) is 11.9 Å². The predicted octanol–water partition coefficient (Wildman–Crippen LogP) is 4.52. The fourth-order valence-corrected chi connectivity index (χ4v) is 5.80. The van der Waals surface area contributed by atoms with Crippen LogP contribution in [0.25, 0.3) is 10.4 Å². The molecule has 2 aromatic heterocycles. The standard InChI is InChI=1S/C25H29ClN6O2S/c1-16(21-7-8-22(35-21)18-6-4-3-5-17(18)13-27-2)28-23-19-14-32(15-20(19)29-24(26)30-23)25(33)31-9-11-34-12-10-31/h3-8,16,27H,9-15H2,1-2H3,(H,28,29,30). The van der Waals surface area contributed by atoms with Gasteiger partial charge in [-0.25, -0.2) is 14.8 Å². The molecule has 0 saturated carbocycles. The number of nitrogens with zero attached hydrogens (tertiary/aromatic N) is 4. The summed E-state index contributed by atoms with van der Waals surface area (Å²) < 4.78 is 5.38. The SMILES string of the molecule is CNCc1ccccc1-c1ccc(C(C)Nc2nc(Cl)nc3c2CN(C(=O)N2CCOCC2)C3)s1. The van der Waals surface area contributed by atoms with Gasteiger partial charge in [-0.15, -0.1) is 11.3 Å². The van der Waals surface area contributed by atoms with Crippen LogP contribution < -0.4 is 10.6 Å². The number of benzene rings is 1. The van der Waals surface area contributed by atoms with Crippen LogP contribution in [0.2, 0.25) is 5.28 Å². The molecule has 2 aliphatic heterocycles. The van der Waals surface area contributed by atoms with E-state index in [9.17, 15) is 4.79 Å². The quantitative estimate of drug-likeness (QED) is 0.472. The highest BCUT2D eigenvalue weighted by molar-refractivity contribution is 7.15. The molecular formula is C25H29ClN6O2S. The number of aromatic nitrogens is 2. The molecule has 10 heteroatoms. The van der Waals surface area contributed by atoms with E-state index in [1.54, 1.807) is 16.2 Å². The lowest BCUT2D eigenvalue weighted by molar-refractivity contribution is 0.0429. The Morgan fingerprint density at radius 3 is 2.74 bits per heavy atom. The first-order chi connectivity index (χ1) is 17.0. The van der Waals surface area contributed by atoms with Crippen molar-refractivity contribution < 1.29 is 9.53 Å².